The van der Waals surface area contributed by atoms with Gasteiger partial charge in [0.1, 0.15) is 0 Å². The molecule has 0 bridgehead atoms. The third-order valence-electron chi connectivity index (χ3n) is 3.61. The van der Waals surface area contributed by atoms with Crippen molar-refractivity contribution in [3.05, 3.63) is 65.7 Å². The van der Waals surface area contributed by atoms with E-state index in [1.165, 1.54) is 11.1 Å². The molecule has 0 aliphatic carbocycles. The highest BCUT2D eigenvalue weighted by molar-refractivity contribution is 5.93. The molecule has 1 amide bonds. The maximum absolute atomic E-state index is 12.3. The molecule has 0 unspecified atom stereocenters. The van der Waals surface area contributed by atoms with Crippen LogP contribution in [-0.4, -0.2) is 19.0 Å². The van der Waals surface area contributed by atoms with Crippen molar-refractivity contribution in [2.45, 2.75) is 26.8 Å². The summed E-state index contributed by atoms with van der Waals surface area (Å²) in [4.78, 5) is 14.2. The zero-order valence-corrected chi connectivity index (χ0v) is 13.4. The SMILES string of the molecule is CCN(C(=O)CCNCc1cccc(C)c1)c1ccccc1. The Bertz CT molecular complexity index is 595. The first-order chi connectivity index (χ1) is 10.7. The number of nitrogens with one attached hydrogen (secondary N) is 1. The van der Waals surface area contributed by atoms with Gasteiger partial charge in [-0.05, 0) is 31.5 Å². The number of carbonyl (C=O) groups is 1. The first kappa shape index (κ1) is 16.2. The molecule has 0 aromatic heterocycles. The lowest BCUT2D eigenvalue weighted by Gasteiger charge is -2.21. The number of anilines is 1. The molecule has 3 heteroatoms. The van der Waals surface area contributed by atoms with Crippen LogP contribution in [-0.2, 0) is 11.3 Å². The molecule has 22 heavy (non-hydrogen) atoms. The molecule has 0 fully saturated rings. The highest BCUT2D eigenvalue weighted by Gasteiger charge is 2.12. The first-order valence-corrected chi connectivity index (χ1v) is 7.82. The van der Waals surface area contributed by atoms with Crippen LogP contribution in [0.25, 0.3) is 0 Å². The van der Waals surface area contributed by atoms with Gasteiger partial charge in [-0.25, -0.2) is 0 Å². The van der Waals surface area contributed by atoms with Crippen LogP contribution in [0, 0.1) is 6.92 Å². The zero-order valence-electron chi connectivity index (χ0n) is 13.4. The molecular formula is C19H24N2O. The van der Waals surface area contributed by atoms with Gasteiger partial charge in [0.05, 0.1) is 0 Å². The van der Waals surface area contributed by atoms with Gasteiger partial charge in [-0.15, -0.1) is 0 Å². The summed E-state index contributed by atoms with van der Waals surface area (Å²) >= 11 is 0. The van der Waals surface area contributed by atoms with Crippen LogP contribution in [0.5, 0.6) is 0 Å². The summed E-state index contributed by atoms with van der Waals surface area (Å²) in [6, 6.07) is 18.2. The second kappa shape index (κ2) is 8.35. The number of aryl methyl sites for hydroxylation is 1. The quantitative estimate of drug-likeness (QED) is 0.793. The van der Waals surface area contributed by atoms with Crippen molar-refractivity contribution in [1.29, 1.82) is 0 Å². The molecule has 0 saturated carbocycles. The molecule has 3 nitrogen and oxygen atoms in total. The van der Waals surface area contributed by atoms with Gasteiger partial charge in [-0.1, -0.05) is 48.0 Å². The topological polar surface area (TPSA) is 32.3 Å². The Labute approximate surface area is 133 Å². The van der Waals surface area contributed by atoms with Crippen molar-refractivity contribution in [1.82, 2.24) is 5.32 Å². The second-order valence-corrected chi connectivity index (χ2v) is 5.39. The monoisotopic (exact) mass is 296 g/mol. The highest BCUT2D eigenvalue weighted by Crippen LogP contribution is 2.13. The van der Waals surface area contributed by atoms with Gasteiger partial charge in [0, 0.05) is 31.7 Å². The van der Waals surface area contributed by atoms with Gasteiger partial charge >= 0.3 is 0 Å². The summed E-state index contributed by atoms with van der Waals surface area (Å²) in [5, 5.41) is 3.34. The predicted molar refractivity (Wildman–Crippen MR) is 92.0 cm³/mol. The Morgan fingerprint density at radius 3 is 2.55 bits per heavy atom. The Hall–Kier alpha value is -2.13. The van der Waals surface area contributed by atoms with E-state index in [2.05, 4.69) is 36.5 Å². The molecule has 2 aromatic carbocycles. The van der Waals surface area contributed by atoms with Crippen molar-refractivity contribution < 1.29 is 4.79 Å². The van der Waals surface area contributed by atoms with Crippen LogP contribution in [0.2, 0.25) is 0 Å². The van der Waals surface area contributed by atoms with E-state index in [1.807, 2.05) is 42.2 Å². The first-order valence-electron chi connectivity index (χ1n) is 7.82. The van der Waals surface area contributed by atoms with Crippen molar-refractivity contribution >= 4 is 11.6 Å². The Balaban J connectivity index is 1.79. The molecule has 2 rings (SSSR count). The van der Waals surface area contributed by atoms with E-state index in [1.54, 1.807) is 0 Å². The lowest BCUT2D eigenvalue weighted by molar-refractivity contribution is -0.118. The fourth-order valence-corrected chi connectivity index (χ4v) is 2.50. The number of hydrogen-bond acceptors (Lipinski definition) is 2. The summed E-state index contributed by atoms with van der Waals surface area (Å²) in [5.41, 5.74) is 3.48. The van der Waals surface area contributed by atoms with Crippen molar-refractivity contribution in [3.63, 3.8) is 0 Å². The van der Waals surface area contributed by atoms with Crippen LogP contribution in [0.4, 0.5) is 5.69 Å². The lowest BCUT2D eigenvalue weighted by atomic mass is 10.1. The summed E-state index contributed by atoms with van der Waals surface area (Å²) in [6.07, 6.45) is 0.508. The average Bonchev–Trinajstić information content (AvgIpc) is 2.53. The minimum Gasteiger partial charge on any atom is -0.313 e. The predicted octanol–water partition coefficient (Wildman–Crippen LogP) is 3.53. The Kier molecular flexibility index (Phi) is 6.16. The molecule has 2 aromatic rings. The largest absolute Gasteiger partial charge is 0.313 e. The van der Waals surface area contributed by atoms with Gasteiger partial charge in [0.15, 0.2) is 0 Å². The summed E-state index contributed by atoms with van der Waals surface area (Å²) < 4.78 is 0. The Morgan fingerprint density at radius 2 is 1.86 bits per heavy atom. The number of hydrogen-bond donors (Lipinski definition) is 1. The van der Waals surface area contributed by atoms with E-state index in [0.29, 0.717) is 19.5 Å². The fraction of sp³-hybridized carbons (Fsp3) is 0.316. The van der Waals surface area contributed by atoms with E-state index in [9.17, 15) is 4.79 Å². The lowest BCUT2D eigenvalue weighted by Crippen LogP contribution is -2.32. The maximum atomic E-state index is 12.3. The third-order valence-corrected chi connectivity index (χ3v) is 3.61. The third kappa shape index (κ3) is 4.71. The summed E-state index contributed by atoms with van der Waals surface area (Å²) in [7, 11) is 0. The molecule has 0 aliphatic heterocycles. The van der Waals surface area contributed by atoms with Crippen LogP contribution in [0.15, 0.2) is 54.6 Å². The zero-order chi connectivity index (χ0) is 15.8. The molecule has 0 saturated heterocycles. The van der Waals surface area contributed by atoms with Crippen molar-refractivity contribution in [2.75, 3.05) is 18.0 Å². The minimum atomic E-state index is 0.158. The molecule has 0 heterocycles. The van der Waals surface area contributed by atoms with Gasteiger partial charge in [-0.2, -0.15) is 0 Å². The van der Waals surface area contributed by atoms with Crippen LogP contribution < -0.4 is 10.2 Å². The molecular weight excluding hydrogens is 272 g/mol. The van der Waals surface area contributed by atoms with Crippen LogP contribution in [0.3, 0.4) is 0 Å². The van der Waals surface area contributed by atoms with E-state index in [-0.39, 0.29) is 5.91 Å². The minimum absolute atomic E-state index is 0.158. The molecule has 0 spiro atoms. The normalized spacial score (nSPS) is 10.5. The molecule has 0 atom stereocenters. The molecule has 0 aliphatic rings. The van der Waals surface area contributed by atoms with Gasteiger partial charge in [0.2, 0.25) is 5.91 Å². The van der Waals surface area contributed by atoms with Crippen molar-refractivity contribution in [2.24, 2.45) is 0 Å². The average molecular weight is 296 g/mol. The number of amides is 1. The van der Waals surface area contributed by atoms with E-state index in [0.717, 1.165) is 12.2 Å². The van der Waals surface area contributed by atoms with Crippen LogP contribution in [0.1, 0.15) is 24.5 Å². The number of benzene rings is 2. The van der Waals surface area contributed by atoms with Gasteiger partial charge in [0.25, 0.3) is 0 Å². The van der Waals surface area contributed by atoms with E-state index < -0.39 is 0 Å². The standard InChI is InChI=1S/C19H24N2O/c1-3-21(18-10-5-4-6-11-18)19(22)12-13-20-15-17-9-7-8-16(2)14-17/h4-11,14,20H,3,12-13,15H2,1-2H3. The summed E-state index contributed by atoms with van der Waals surface area (Å²) in [5.74, 6) is 0.158. The number of rotatable bonds is 7. The fourth-order valence-electron chi connectivity index (χ4n) is 2.50. The molecule has 0 radical (unpaired) electrons. The molecule has 116 valence electrons. The van der Waals surface area contributed by atoms with Gasteiger partial charge in [-0.3, -0.25) is 4.79 Å². The highest BCUT2D eigenvalue weighted by atomic mass is 16.2. The maximum Gasteiger partial charge on any atom is 0.228 e. The summed E-state index contributed by atoms with van der Waals surface area (Å²) in [6.45, 7) is 6.28. The number of para-hydroxylation sites is 1. The number of carbonyl (C=O) groups excluding carboxylic acids is 1. The smallest absolute Gasteiger partial charge is 0.228 e. The van der Waals surface area contributed by atoms with Crippen LogP contribution >= 0.6 is 0 Å². The number of nitrogens with zero attached hydrogens (tertiary/aromatic N) is 1. The Morgan fingerprint density at radius 1 is 1.09 bits per heavy atom. The van der Waals surface area contributed by atoms with E-state index in [4.69, 9.17) is 0 Å². The van der Waals surface area contributed by atoms with E-state index >= 15 is 0 Å². The van der Waals surface area contributed by atoms with Gasteiger partial charge < -0.3 is 10.2 Å². The molecule has 1 N–H and O–H groups in total. The second-order valence-electron chi connectivity index (χ2n) is 5.39. The van der Waals surface area contributed by atoms with Crippen molar-refractivity contribution in [3.8, 4) is 0 Å².